The van der Waals surface area contributed by atoms with Gasteiger partial charge < -0.3 is 9.64 Å². The Labute approximate surface area is 196 Å². The zero-order chi connectivity index (χ0) is 21.8. The Balaban J connectivity index is 1.47. The number of halogens is 2. The van der Waals surface area contributed by atoms with Gasteiger partial charge in [-0.25, -0.2) is 4.39 Å². The zero-order valence-electron chi connectivity index (χ0n) is 18.4. The van der Waals surface area contributed by atoms with Crippen LogP contribution in [0.1, 0.15) is 57.9 Å². The van der Waals surface area contributed by atoms with E-state index in [9.17, 15) is 0 Å². The Morgan fingerprint density at radius 3 is 2.58 bits per heavy atom. The Morgan fingerprint density at radius 1 is 1.23 bits per heavy atom. The summed E-state index contributed by atoms with van der Waals surface area (Å²) in [5.74, 6) is 0.853. The van der Waals surface area contributed by atoms with Crippen LogP contribution in [0.4, 0.5) is 9.52 Å². The van der Waals surface area contributed by atoms with E-state index in [1.165, 1.54) is 16.9 Å². The highest BCUT2D eigenvalue weighted by Crippen LogP contribution is 2.53. The summed E-state index contributed by atoms with van der Waals surface area (Å²) in [6.45, 7) is 5.25. The first-order valence-corrected chi connectivity index (χ1v) is 12.8. The normalized spacial score (nSPS) is 33.3. The molecule has 1 aliphatic carbocycles. The first-order chi connectivity index (χ1) is 14.8. The van der Waals surface area contributed by atoms with Gasteiger partial charge in [-0.3, -0.25) is 4.90 Å². The van der Waals surface area contributed by atoms with Crippen LogP contribution in [0.25, 0.3) is 0 Å². The summed E-state index contributed by atoms with van der Waals surface area (Å²) in [5, 5.41) is 9.40. The second kappa shape index (κ2) is 7.96. The monoisotopic (exact) mass is 508 g/mol. The molecule has 0 radical (unpaired) electrons. The van der Waals surface area contributed by atoms with Crippen LogP contribution in [0.15, 0.2) is 28.2 Å². The van der Waals surface area contributed by atoms with E-state index in [0.717, 1.165) is 59.9 Å². The number of anilines is 1. The quantitative estimate of drug-likeness (QED) is 0.508. The van der Waals surface area contributed by atoms with Crippen molar-refractivity contribution in [2.45, 2.75) is 88.3 Å². The van der Waals surface area contributed by atoms with Crippen LogP contribution in [-0.2, 0) is 6.54 Å². The second-order valence-electron chi connectivity index (χ2n) is 9.79. The van der Waals surface area contributed by atoms with Crippen molar-refractivity contribution in [3.8, 4) is 5.75 Å². The maximum Gasteiger partial charge on any atom is 0.209 e. The number of hydrogen-bond donors (Lipinski definition) is 0. The molecule has 3 fully saturated rings. The van der Waals surface area contributed by atoms with Crippen molar-refractivity contribution in [2.75, 3.05) is 12.0 Å². The topological polar surface area (TPSA) is 41.5 Å². The van der Waals surface area contributed by atoms with Gasteiger partial charge in [-0.1, -0.05) is 23.5 Å². The third kappa shape index (κ3) is 3.78. The van der Waals surface area contributed by atoms with Gasteiger partial charge in [-0.05, 0) is 86.0 Å². The van der Waals surface area contributed by atoms with Gasteiger partial charge in [0.15, 0.2) is 3.92 Å². The van der Waals surface area contributed by atoms with Crippen LogP contribution in [0.2, 0.25) is 0 Å². The van der Waals surface area contributed by atoms with Gasteiger partial charge in [-0.15, -0.1) is 10.2 Å². The van der Waals surface area contributed by atoms with E-state index in [1.807, 2.05) is 12.1 Å². The lowest BCUT2D eigenvalue weighted by molar-refractivity contribution is -0.139. The fourth-order valence-corrected chi connectivity index (χ4v) is 7.15. The molecule has 8 heteroatoms. The summed E-state index contributed by atoms with van der Waals surface area (Å²) >= 11 is 4.96. The average Bonchev–Trinajstić information content (AvgIpc) is 3.49. The first-order valence-electron chi connectivity index (χ1n) is 11.2. The summed E-state index contributed by atoms with van der Waals surface area (Å²) in [6, 6.07) is 8.44. The van der Waals surface area contributed by atoms with Crippen molar-refractivity contribution in [2.24, 2.45) is 0 Å². The minimum absolute atomic E-state index is 0.0464. The van der Waals surface area contributed by atoms with Crippen LogP contribution in [0.3, 0.4) is 0 Å². The van der Waals surface area contributed by atoms with Gasteiger partial charge in [0, 0.05) is 18.1 Å². The minimum atomic E-state index is -0.942. The molecule has 5 rings (SSSR count). The third-order valence-corrected chi connectivity index (χ3v) is 9.02. The van der Waals surface area contributed by atoms with Crippen molar-refractivity contribution in [1.82, 2.24) is 15.1 Å². The number of methoxy groups -OCH3 is 1. The number of fused-ring (bicyclic) bond motifs is 2. The minimum Gasteiger partial charge on any atom is -0.497 e. The summed E-state index contributed by atoms with van der Waals surface area (Å²) in [4.78, 5) is 4.74. The Bertz CT molecular complexity index is 938. The molecule has 4 atom stereocenters. The van der Waals surface area contributed by atoms with Gasteiger partial charge in [0.05, 0.1) is 18.7 Å². The van der Waals surface area contributed by atoms with E-state index in [4.69, 9.17) is 4.74 Å². The molecule has 2 aromatic rings. The van der Waals surface area contributed by atoms with Crippen LogP contribution in [0, 0.1) is 0 Å². The number of piperidine rings is 2. The Hall–Kier alpha value is -1.25. The molecule has 1 aromatic heterocycles. The predicted octanol–water partition coefficient (Wildman–Crippen LogP) is 5.59. The van der Waals surface area contributed by atoms with Crippen LogP contribution in [0.5, 0.6) is 5.75 Å². The molecule has 31 heavy (non-hydrogen) atoms. The lowest BCUT2D eigenvalue weighted by atomic mass is 9.65. The molecule has 5 nitrogen and oxygen atoms in total. The zero-order valence-corrected chi connectivity index (χ0v) is 20.8. The molecule has 0 unspecified atom stereocenters. The molecule has 2 saturated heterocycles. The maximum absolute atomic E-state index is 16.5. The largest absolute Gasteiger partial charge is 0.497 e. The van der Waals surface area contributed by atoms with Gasteiger partial charge in [0.2, 0.25) is 5.13 Å². The fraction of sp³-hybridized carbons (Fsp3) is 0.652. The number of aromatic nitrogens is 2. The van der Waals surface area contributed by atoms with Crippen molar-refractivity contribution in [1.29, 1.82) is 0 Å². The summed E-state index contributed by atoms with van der Waals surface area (Å²) in [7, 11) is 1.68. The maximum atomic E-state index is 16.5. The third-order valence-electron chi connectivity index (χ3n) is 7.66. The highest BCUT2D eigenvalue weighted by Gasteiger charge is 2.60. The van der Waals surface area contributed by atoms with E-state index in [2.05, 4.69) is 61.9 Å². The smallest absolute Gasteiger partial charge is 0.209 e. The van der Waals surface area contributed by atoms with E-state index >= 15 is 4.39 Å². The number of rotatable bonds is 6. The number of hydrogen-bond acceptors (Lipinski definition) is 6. The summed E-state index contributed by atoms with van der Waals surface area (Å²) < 4.78 is 22.6. The second-order valence-corrected chi connectivity index (χ2v) is 12.0. The lowest BCUT2D eigenvalue weighted by Gasteiger charge is -2.63. The van der Waals surface area contributed by atoms with Crippen molar-refractivity contribution >= 4 is 32.4 Å². The molecule has 3 aliphatic rings. The van der Waals surface area contributed by atoms with E-state index < -0.39 is 11.7 Å². The molecule has 0 amide bonds. The molecule has 168 valence electrons. The molecule has 0 N–H and O–H groups in total. The van der Waals surface area contributed by atoms with Crippen molar-refractivity contribution in [3.05, 3.63) is 33.7 Å². The van der Waals surface area contributed by atoms with E-state index in [0.29, 0.717) is 6.04 Å². The van der Waals surface area contributed by atoms with Crippen molar-refractivity contribution < 1.29 is 9.13 Å². The molecule has 0 spiro atoms. The summed E-state index contributed by atoms with van der Waals surface area (Å²) in [5.41, 5.74) is 0.665. The lowest BCUT2D eigenvalue weighted by Crippen LogP contribution is -2.74. The highest BCUT2D eigenvalue weighted by atomic mass is 79.9. The number of ether oxygens (including phenoxy) is 1. The number of nitrogens with zero attached hydrogens (tertiary/aromatic N) is 4. The molecular formula is C23H30BrFN4OS. The highest BCUT2D eigenvalue weighted by molar-refractivity contribution is 9.11. The SMILES string of the molecule is COc1ccc(CN2[C@@]3(C)CCC[C@]2(C)[C@@H](F)[C@@H](N(c2nnc(Br)s2)C2CC2)C3)cc1. The molecule has 3 heterocycles. The molecule has 2 aliphatic heterocycles. The summed E-state index contributed by atoms with van der Waals surface area (Å²) in [6.07, 6.45) is 5.16. The number of benzene rings is 1. The average molecular weight is 509 g/mol. The first kappa shape index (κ1) is 21.6. The van der Waals surface area contributed by atoms with Gasteiger partial charge in [0.1, 0.15) is 11.9 Å². The predicted molar refractivity (Wildman–Crippen MR) is 126 cm³/mol. The fourth-order valence-electron chi connectivity index (χ4n) is 5.93. The van der Waals surface area contributed by atoms with E-state index in [1.54, 1.807) is 7.11 Å². The molecule has 1 aromatic carbocycles. The number of alkyl halides is 1. The Morgan fingerprint density at radius 2 is 1.97 bits per heavy atom. The van der Waals surface area contributed by atoms with Gasteiger partial charge in [-0.2, -0.15) is 0 Å². The molecule has 1 saturated carbocycles. The molecule has 2 bridgehead atoms. The van der Waals surface area contributed by atoms with Crippen LogP contribution in [-0.4, -0.2) is 51.5 Å². The van der Waals surface area contributed by atoms with Crippen LogP contribution >= 0.6 is 27.3 Å². The van der Waals surface area contributed by atoms with Crippen molar-refractivity contribution in [3.63, 3.8) is 0 Å². The van der Waals surface area contributed by atoms with Gasteiger partial charge in [0.25, 0.3) is 0 Å². The van der Waals surface area contributed by atoms with E-state index in [-0.39, 0.29) is 11.6 Å². The van der Waals surface area contributed by atoms with Gasteiger partial charge >= 0.3 is 0 Å². The Kier molecular flexibility index (Phi) is 5.54. The molecular weight excluding hydrogens is 479 g/mol. The standard InChI is InChI=1S/C23H30BrFN4OS/c1-22-11-4-12-23(2,28(22)14-15-5-9-17(30-3)10-6-15)19(25)18(13-22)29(16-7-8-16)21-27-26-20(24)31-21/h5-6,9-10,16,18-19H,4,7-8,11-14H2,1-3H3/t18-,19-,22-,23+/m0/s1. The van der Waals surface area contributed by atoms with Crippen LogP contribution < -0.4 is 9.64 Å².